The van der Waals surface area contributed by atoms with Crippen LogP contribution in [0.15, 0.2) is 30.3 Å². The number of thiazole rings is 1. The standard InChI is InChI=1S/C22H28ClN3O2S/c23-21-22(26-9-12-27-13-10-26)29-20(24-21)15-25-8-6-17(19-7-11-28-19)18(14-25)16-4-2-1-3-5-16/h1-5,17-19H,6-15H2. The number of aromatic nitrogens is 1. The van der Waals surface area contributed by atoms with Crippen molar-refractivity contribution in [3.8, 4) is 0 Å². The Balaban J connectivity index is 1.29. The molecule has 5 nitrogen and oxygen atoms in total. The first-order valence-electron chi connectivity index (χ1n) is 10.6. The van der Waals surface area contributed by atoms with Crippen molar-refractivity contribution in [2.45, 2.75) is 31.4 Å². The van der Waals surface area contributed by atoms with Crippen LogP contribution in [-0.2, 0) is 16.0 Å². The van der Waals surface area contributed by atoms with Crippen molar-refractivity contribution in [1.29, 1.82) is 0 Å². The van der Waals surface area contributed by atoms with Gasteiger partial charge in [-0.05, 0) is 30.9 Å². The summed E-state index contributed by atoms with van der Waals surface area (Å²) in [6, 6.07) is 11.0. The highest BCUT2D eigenvalue weighted by molar-refractivity contribution is 7.16. The molecule has 7 heteroatoms. The molecule has 0 radical (unpaired) electrons. The van der Waals surface area contributed by atoms with E-state index in [4.69, 9.17) is 26.1 Å². The van der Waals surface area contributed by atoms with E-state index in [0.717, 1.165) is 62.6 Å². The molecule has 156 valence electrons. The van der Waals surface area contributed by atoms with Gasteiger partial charge in [0.25, 0.3) is 0 Å². The zero-order chi connectivity index (χ0) is 19.6. The molecule has 3 fully saturated rings. The number of ether oxygens (including phenoxy) is 2. The van der Waals surface area contributed by atoms with Crippen molar-refractivity contribution in [1.82, 2.24) is 9.88 Å². The Bertz CT molecular complexity index is 808. The van der Waals surface area contributed by atoms with Crippen LogP contribution in [0.5, 0.6) is 0 Å². The van der Waals surface area contributed by atoms with E-state index in [2.05, 4.69) is 40.1 Å². The lowest BCUT2D eigenvalue weighted by Gasteiger charge is -2.45. The number of morpholine rings is 1. The summed E-state index contributed by atoms with van der Waals surface area (Å²) in [7, 11) is 0. The van der Waals surface area contributed by atoms with E-state index in [9.17, 15) is 0 Å². The van der Waals surface area contributed by atoms with Crippen molar-refractivity contribution in [2.75, 3.05) is 50.9 Å². The van der Waals surface area contributed by atoms with Crippen molar-refractivity contribution >= 4 is 27.9 Å². The number of benzene rings is 1. The largest absolute Gasteiger partial charge is 0.378 e. The SMILES string of the molecule is Clc1nc(CN2CCC(C3CCO3)C(c3ccccc3)C2)sc1N1CCOCC1. The van der Waals surface area contributed by atoms with E-state index in [1.807, 2.05) is 0 Å². The molecule has 0 saturated carbocycles. The van der Waals surface area contributed by atoms with E-state index in [1.165, 1.54) is 18.4 Å². The van der Waals surface area contributed by atoms with Crippen LogP contribution in [0.1, 0.15) is 29.3 Å². The number of anilines is 1. The summed E-state index contributed by atoms with van der Waals surface area (Å²) < 4.78 is 11.4. The van der Waals surface area contributed by atoms with E-state index in [-0.39, 0.29) is 0 Å². The average Bonchev–Trinajstić information content (AvgIpc) is 3.09. The molecule has 1 aromatic heterocycles. The van der Waals surface area contributed by atoms with Gasteiger partial charge in [-0.15, -0.1) is 0 Å². The van der Waals surface area contributed by atoms with Crippen LogP contribution in [0.4, 0.5) is 5.00 Å². The maximum absolute atomic E-state index is 6.49. The molecule has 0 aliphatic carbocycles. The predicted octanol–water partition coefficient (Wildman–Crippen LogP) is 4.03. The van der Waals surface area contributed by atoms with Gasteiger partial charge >= 0.3 is 0 Å². The van der Waals surface area contributed by atoms with Crippen LogP contribution < -0.4 is 4.90 Å². The summed E-state index contributed by atoms with van der Waals surface area (Å²) in [5.41, 5.74) is 1.43. The Morgan fingerprint density at radius 1 is 1.07 bits per heavy atom. The lowest BCUT2D eigenvalue weighted by molar-refractivity contribution is -0.103. The Morgan fingerprint density at radius 2 is 1.86 bits per heavy atom. The molecule has 5 rings (SSSR count). The fourth-order valence-electron chi connectivity index (χ4n) is 4.82. The van der Waals surface area contributed by atoms with E-state index < -0.39 is 0 Å². The van der Waals surface area contributed by atoms with Gasteiger partial charge in [0.05, 0.1) is 25.9 Å². The summed E-state index contributed by atoms with van der Waals surface area (Å²) in [5, 5.41) is 2.85. The van der Waals surface area contributed by atoms with E-state index >= 15 is 0 Å². The zero-order valence-electron chi connectivity index (χ0n) is 16.6. The van der Waals surface area contributed by atoms with Crippen molar-refractivity contribution in [3.63, 3.8) is 0 Å². The van der Waals surface area contributed by atoms with Crippen LogP contribution in [0.3, 0.4) is 0 Å². The summed E-state index contributed by atoms with van der Waals surface area (Å²) in [4.78, 5) is 9.55. The van der Waals surface area contributed by atoms with Crippen LogP contribution in [0.25, 0.3) is 0 Å². The van der Waals surface area contributed by atoms with Crippen molar-refractivity contribution in [3.05, 3.63) is 46.1 Å². The van der Waals surface area contributed by atoms with E-state index in [0.29, 0.717) is 23.1 Å². The highest BCUT2D eigenvalue weighted by atomic mass is 35.5. The zero-order valence-corrected chi connectivity index (χ0v) is 18.2. The molecule has 3 unspecified atom stereocenters. The Morgan fingerprint density at radius 3 is 2.59 bits per heavy atom. The molecule has 0 N–H and O–H groups in total. The number of halogens is 1. The third kappa shape index (κ3) is 4.32. The Hall–Kier alpha value is -1.18. The maximum atomic E-state index is 6.49. The Kier molecular flexibility index (Phi) is 6.07. The molecule has 2 aromatic rings. The van der Waals surface area contributed by atoms with Gasteiger partial charge < -0.3 is 14.4 Å². The molecule has 0 spiro atoms. The van der Waals surface area contributed by atoms with Crippen molar-refractivity contribution in [2.24, 2.45) is 5.92 Å². The number of rotatable bonds is 5. The Labute approximate surface area is 181 Å². The van der Waals surface area contributed by atoms with Crippen LogP contribution in [-0.4, -0.2) is 62.0 Å². The second-order valence-corrected chi connectivity index (χ2v) is 9.63. The number of hydrogen-bond acceptors (Lipinski definition) is 6. The summed E-state index contributed by atoms with van der Waals surface area (Å²) >= 11 is 8.23. The molecule has 0 amide bonds. The molecule has 3 aliphatic rings. The molecule has 1 aromatic carbocycles. The topological polar surface area (TPSA) is 37.8 Å². The van der Waals surface area contributed by atoms with E-state index in [1.54, 1.807) is 11.3 Å². The van der Waals surface area contributed by atoms with Crippen LogP contribution in [0, 0.1) is 5.92 Å². The average molecular weight is 434 g/mol. The lowest BCUT2D eigenvalue weighted by atomic mass is 9.75. The number of likely N-dealkylation sites (tertiary alicyclic amines) is 1. The van der Waals surface area contributed by atoms with Gasteiger partial charge in [0, 0.05) is 32.2 Å². The maximum Gasteiger partial charge on any atom is 0.164 e. The first-order chi connectivity index (χ1) is 14.3. The summed E-state index contributed by atoms with van der Waals surface area (Å²) in [6.45, 7) is 7.26. The molecule has 3 aliphatic heterocycles. The molecule has 3 saturated heterocycles. The first kappa shape index (κ1) is 19.8. The van der Waals surface area contributed by atoms with Gasteiger partial charge in [-0.1, -0.05) is 53.3 Å². The lowest BCUT2D eigenvalue weighted by Crippen LogP contribution is -2.46. The summed E-state index contributed by atoms with van der Waals surface area (Å²) in [5.74, 6) is 1.13. The van der Waals surface area contributed by atoms with Gasteiger partial charge in [-0.2, -0.15) is 0 Å². The summed E-state index contributed by atoms with van der Waals surface area (Å²) in [6.07, 6.45) is 2.82. The minimum atomic E-state index is 0.435. The fraction of sp³-hybridized carbons (Fsp3) is 0.591. The van der Waals surface area contributed by atoms with Gasteiger partial charge in [-0.25, -0.2) is 4.98 Å². The normalized spacial score (nSPS) is 28.3. The van der Waals surface area contributed by atoms with Gasteiger partial charge in [0.1, 0.15) is 10.0 Å². The van der Waals surface area contributed by atoms with Gasteiger partial charge in [-0.3, -0.25) is 4.90 Å². The van der Waals surface area contributed by atoms with Gasteiger partial charge in [0.15, 0.2) is 5.15 Å². The third-order valence-corrected chi connectivity index (χ3v) is 7.94. The third-order valence-electron chi connectivity index (χ3n) is 6.46. The molecular formula is C22H28ClN3O2S. The minimum absolute atomic E-state index is 0.435. The predicted molar refractivity (Wildman–Crippen MR) is 117 cm³/mol. The number of nitrogens with zero attached hydrogens (tertiary/aromatic N) is 3. The molecule has 29 heavy (non-hydrogen) atoms. The highest BCUT2D eigenvalue weighted by Gasteiger charge is 2.39. The monoisotopic (exact) mass is 433 g/mol. The number of piperidine rings is 1. The second kappa shape index (κ2) is 8.90. The van der Waals surface area contributed by atoms with Gasteiger partial charge in [0.2, 0.25) is 0 Å². The second-order valence-electron chi connectivity index (χ2n) is 8.21. The smallest absolute Gasteiger partial charge is 0.164 e. The molecular weight excluding hydrogens is 406 g/mol. The molecule has 0 bridgehead atoms. The quantitative estimate of drug-likeness (QED) is 0.711. The first-order valence-corrected chi connectivity index (χ1v) is 11.8. The number of hydrogen-bond donors (Lipinski definition) is 0. The molecule has 4 heterocycles. The minimum Gasteiger partial charge on any atom is -0.378 e. The van der Waals surface area contributed by atoms with Crippen LogP contribution >= 0.6 is 22.9 Å². The fourth-order valence-corrected chi connectivity index (χ4v) is 6.26. The van der Waals surface area contributed by atoms with Crippen LogP contribution in [0.2, 0.25) is 5.15 Å². The molecule has 3 atom stereocenters. The highest BCUT2D eigenvalue weighted by Crippen LogP contribution is 2.40. The van der Waals surface area contributed by atoms with Crippen molar-refractivity contribution < 1.29 is 9.47 Å².